The number of rotatable bonds is 2. The maximum atomic E-state index is 11.7. The molecule has 0 radical (unpaired) electrons. The van der Waals surface area contributed by atoms with Gasteiger partial charge in [0.25, 0.3) is 0 Å². The van der Waals surface area contributed by atoms with Crippen molar-refractivity contribution in [3.8, 4) is 0 Å². The molecular weight excluding hydrogens is 196 g/mol. The van der Waals surface area contributed by atoms with E-state index in [2.05, 4.69) is 31.5 Å². The minimum absolute atomic E-state index is 0.253. The Labute approximate surface area is 91.9 Å². The van der Waals surface area contributed by atoms with Crippen molar-refractivity contribution in [3.63, 3.8) is 0 Å². The minimum Gasteiger partial charge on any atom is -0.339 e. The van der Waals surface area contributed by atoms with Gasteiger partial charge in [0.1, 0.15) is 0 Å². The van der Waals surface area contributed by atoms with Gasteiger partial charge in [0, 0.05) is 25.6 Å². The third-order valence-electron chi connectivity index (χ3n) is 2.69. The van der Waals surface area contributed by atoms with Crippen LogP contribution in [0.4, 0.5) is 0 Å². The molecule has 0 aromatic rings. The molecule has 1 atom stereocenters. The number of thiol groups is 1. The van der Waals surface area contributed by atoms with Gasteiger partial charge in [-0.25, -0.2) is 0 Å². The van der Waals surface area contributed by atoms with Crippen LogP contribution in [-0.2, 0) is 4.79 Å². The van der Waals surface area contributed by atoms with E-state index in [9.17, 15) is 4.79 Å². The van der Waals surface area contributed by atoms with Crippen molar-refractivity contribution < 1.29 is 4.79 Å². The van der Waals surface area contributed by atoms with Crippen molar-refractivity contribution in [1.82, 2.24) is 9.80 Å². The Morgan fingerprint density at radius 3 is 2.86 bits per heavy atom. The van der Waals surface area contributed by atoms with E-state index >= 15 is 0 Å². The second kappa shape index (κ2) is 5.61. The number of amides is 1. The van der Waals surface area contributed by atoms with Crippen LogP contribution in [0.3, 0.4) is 0 Å². The molecule has 1 rings (SSSR count). The average molecular weight is 216 g/mol. The molecule has 1 saturated heterocycles. The van der Waals surface area contributed by atoms with E-state index in [1.807, 2.05) is 4.90 Å². The van der Waals surface area contributed by atoms with E-state index < -0.39 is 0 Å². The zero-order valence-electron chi connectivity index (χ0n) is 9.07. The van der Waals surface area contributed by atoms with E-state index in [0.29, 0.717) is 18.2 Å². The predicted octanol–water partition coefficient (Wildman–Crippen LogP) is 0.859. The molecule has 3 nitrogen and oxygen atoms in total. The highest BCUT2D eigenvalue weighted by Crippen LogP contribution is 2.10. The summed E-state index contributed by atoms with van der Waals surface area (Å²) in [5, 5.41) is 0. The van der Waals surface area contributed by atoms with Crippen LogP contribution in [0, 0.1) is 0 Å². The van der Waals surface area contributed by atoms with Gasteiger partial charge >= 0.3 is 0 Å². The Morgan fingerprint density at radius 1 is 1.50 bits per heavy atom. The van der Waals surface area contributed by atoms with Crippen LogP contribution in [0.15, 0.2) is 0 Å². The summed E-state index contributed by atoms with van der Waals surface area (Å²) in [4.78, 5) is 16.0. The van der Waals surface area contributed by atoms with Crippen LogP contribution in [-0.4, -0.2) is 54.2 Å². The Kier molecular flexibility index (Phi) is 4.75. The lowest BCUT2D eigenvalue weighted by Gasteiger charge is -2.27. The van der Waals surface area contributed by atoms with Gasteiger partial charge in [0.2, 0.25) is 5.91 Å². The lowest BCUT2D eigenvalue weighted by atomic mass is 10.2. The fourth-order valence-corrected chi connectivity index (χ4v) is 2.17. The Morgan fingerprint density at radius 2 is 2.21 bits per heavy atom. The third kappa shape index (κ3) is 3.17. The molecule has 14 heavy (non-hydrogen) atoms. The Bertz CT molecular complexity index is 199. The predicted molar refractivity (Wildman–Crippen MR) is 61.8 cm³/mol. The number of hydrogen-bond donors (Lipinski definition) is 1. The van der Waals surface area contributed by atoms with Gasteiger partial charge in [-0.05, 0) is 32.7 Å². The number of carbonyl (C=O) groups excluding carboxylic acids is 1. The minimum atomic E-state index is 0.253. The maximum absolute atomic E-state index is 11.7. The zero-order chi connectivity index (χ0) is 10.6. The van der Waals surface area contributed by atoms with Crippen LogP contribution in [0.5, 0.6) is 0 Å². The van der Waals surface area contributed by atoms with Crippen molar-refractivity contribution in [2.75, 3.05) is 32.4 Å². The summed E-state index contributed by atoms with van der Waals surface area (Å²) in [6.45, 7) is 5.10. The number of carbonyl (C=O) groups is 1. The van der Waals surface area contributed by atoms with Crippen molar-refractivity contribution in [2.45, 2.75) is 25.8 Å². The van der Waals surface area contributed by atoms with E-state index in [1.54, 1.807) is 0 Å². The molecule has 1 aliphatic rings. The summed E-state index contributed by atoms with van der Waals surface area (Å²) in [5.74, 6) is 0.903. The van der Waals surface area contributed by atoms with Gasteiger partial charge < -0.3 is 9.80 Å². The monoisotopic (exact) mass is 216 g/mol. The van der Waals surface area contributed by atoms with E-state index in [0.717, 1.165) is 26.1 Å². The summed E-state index contributed by atoms with van der Waals surface area (Å²) in [7, 11) is 2.11. The largest absolute Gasteiger partial charge is 0.339 e. The quantitative estimate of drug-likeness (QED) is 0.692. The van der Waals surface area contributed by atoms with E-state index in [4.69, 9.17) is 0 Å². The molecule has 0 aromatic heterocycles. The first-order valence-electron chi connectivity index (χ1n) is 5.24. The fraction of sp³-hybridized carbons (Fsp3) is 0.900. The maximum Gasteiger partial charge on any atom is 0.223 e. The highest BCUT2D eigenvalue weighted by atomic mass is 32.1. The molecule has 0 spiro atoms. The van der Waals surface area contributed by atoms with Crippen LogP contribution < -0.4 is 0 Å². The van der Waals surface area contributed by atoms with Crippen molar-refractivity contribution >= 4 is 18.5 Å². The van der Waals surface area contributed by atoms with E-state index in [-0.39, 0.29) is 5.91 Å². The molecule has 0 aliphatic carbocycles. The van der Waals surface area contributed by atoms with Crippen molar-refractivity contribution in [2.24, 2.45) is 0 Å². The molecule has 1 fully saturated rings. The molecule has 0 aromatic carbocycles. The molecule has 1 unspecified atom stereocenters. The standard InChI is InChI=1S/C10H20N2OS/c1-9-8-11(2)5-3-6-12(9)10(13)4-7-14/h9,14H,3-8H2,1-2H3. The van der Waals surface area contributed by atoms with Gasteiger partial charge in [0.05, 0.1) is 0 Å². The topological polar surface area (TPSA) is 23.6 Å². The highest BCUT2D eigenvalue weighted by molar-refractivity contribution is 7.80. The lowest BCUT2D eigenvalue weighted by molar-refractivity contribution is -0.132. The fourth-order valence-electron chi connectivity index (χ4n) is 1.98. The van der Waals surface area contributed by atoms with E-state index in [1.165, 1.54) is 0 Å². The van der Waals surface area contributed by atoms with Crippen LogP contribution in [0.25, 0.3) is 0 Å². The normalized spacial score (nSPS) is 24.8. The van der Waals surface area contributed by atoms with Crippen LogP contribution >= 0.6 is 12.6 Å². The second-order valence-electron chi connectivity index (χ2n) is 4.03. The first-order chi connectivity index (χ1) is 6.65. The Hall–Kier alpha value is -0.220. The molecule has 82 valence electrons. The van der Waals surface area contributed by atoms with Crippen molar-refractivity contribution in [1.29, 1.82) is 0 Å². The van der Waals surface area contributed by atoms with Gasteiger partial charge in [-0.15, -0.1) is 0 Å². The highest BCUT2D eigenvalue weighted by Gasteiger charge is 2.22. The number of likely N-dealkylation sites (N-methyl/N-ethyl adjacent to an activating group) is 1. The van der Waals surface area contributed by atoms with Crippen molar-refractivity contribution in [3.05, 3.63) is 0 Å². The summed E-state index contributed by atoms with van der Waals surface area (Å²) in [6.07, 6.45) is 1.65. The van der Waals surface area contributed by atoms with Gasteiger partial charge in [-0.1, -0.05) is 0 Å². The Balaban J connectivity index is 2.53. The molecular formula is C10H20N2OS. The summed E-state index contributed by atoms with van der Waals surface area (Å²) < 4.78 is 0. The SMILES string of the molecule is CC1CN(C)CCCN1C(=O)CCS. The molecule has 0 N–H and O–H groups in total. The third-order valence-corrected chi connectivity index (χ3v) is 2.92. The zero-order valence-corrected chi connectivity index (χ0v) is 9.96. The smallest absolute Gasteiger partial charge is 0.223 e. The molecule has 0 saturated carbocycles. The molecule has 1 amide bonds. The molecule has 1 aliphatic heterocycles. The number of nitrogens with zero attached hydrogens (tertiary/aromatic N) is 2. The first kappa shape index (κ1) is 11.9. The summed E-state index contributed by atoms with van der Waals surface area (Å²) >= 11 is 4.10. The average Bonchev–Trinajstić information content (AvgIpc) is 2.27. The molecule has 0 bridgehead atoms. The van der Waals surface area contributed by atoms with Gasteiger partial charge in [-0.2, -0.15) is 12.6 Å². The summed E-state index contributed by atoms with van der Waals surface area (Å²) in [6, 6.07) is 0.342. The first-order valence-corrected chi connectivity index (χ1v) is 5.87. The number of hydrogen-bond acceptors (Lipinski definition) is 3. The van der Waals surface area contributed by atoms with Crippen LogP contribution in [0.1, 0.15) is 19.8 Å². The van der Waals surface area contributed by atoms with Gasteiger partial charge in [-0.3, -0.25) is 4.79 Å². The van der Waals surface area contributed by atoms with Crippen LogP contribution in [0.2, 0.25) is 0 Å². The van der Waals surface area contributed by atoms with Gasteiger partial charge in [0.15, 0.2) is 0 Å². The lowest BCUT2D eigenvalue weighted by Crippen LogP contribution is -2.42. The second-order valence-corrected chi connectivity index (χ2v) is 4.47. The summed E-state index contributed by atoms with van der Waals surface area (Å²) in [5.41, 5.74) is 0. The molecule has 4 heteroatoms. The molecule has 1 heterocycles.